The predicted octanol–water partition coefficient (Wildman–Crippen LogP) is 2.68. The summed E-state index contributed by atoms with van der Waals surface area (Å²) in [6, 6.07) is 11.0. The van der Waals surface area contributed by atoms with Crippen LogP contribution in [0.15, 0.2) is 36.4 Å². The second kappa shape index (κ2) is 4.45. The zero-order chi connectivity index (χ0) is 12.4. The molecule has 0 aliphatic heterocycles. The third-order valence-corrected chi connectivity index (χ3v) is 2.53. The fourth-order valence-electron chi connectivity index (χ4n) is 1.75. The molecule has 0 unspecified atom stereocenters. The highest BCUT2D eigenvalue weighted by Crippen LogP contribution is 2.24. The van der Waals surface area contributed by atoms with Crippen LogP contribution in [0, 0.1) is 0 Å². The van der Waals surface area contributed by atoms with Gasteiger partial charge in [0, 0.05) is 6.04 Å². The number of carbonyl (C=O) groups excluding carboxylic acids is 1. The quantitative estimate of drug-likeness (QED) is 0.831. The predicted molar refractivity (Wildman–Crippen MR) is 68.2 cm³/mol. The van der Waals surface area contributed by atoms with E-state index in [2.05, 4.69) is 5.32 Å². The van der Waals surface area contributed by atoms with E-state index in [4.69, 9.17) is 0 Å². The van der Waals surface area contributed by atoms with Crippen LogP contribution in [0.25, 0.3) is 10.8 Å². The van der Waals surface area contributed by atoms with Gasteiger partial charge in [-0.1, -0.05) is 24.3 Å². The molecule has 0 radical (unpaired) electrons. The lowest BCUT2D eigenvalue weighted by atomic mass is 10.1. The van der Waals surface area contributed by atoms with Crippen molar-refractivity contribution in [3.8, 4) is 5.75 Å². The summed E-state index contributed by atoms with van der Waals surface area (Å²) in [5.41, 5.74) is 0.317. The molecule has 2 aromatic rings. The van der Waals surface area contributed by atoms with Crippen LogP contribution < -0.4 is 5.32 Å². The molecule has 0 fully saturated rings. The summed E-state index contributed by atoms with van der Waals surface area (Å²) in [6.45, 7) is 3.77. The summed E-state index contributed by atoms with van der Waals surface area (Å²) in [6.07, 6.45) is 0. The van der Waals surface area contributed by atoms with Crippen LogP contribution in [0.2, 0.25) is 0 Å². The number of nitrogens with one attached hydrogen (secondary N) is 1. The molecule has 3 nitrogen and oxygen atoms in total. The number of benzene rings is 2. The van der Waals surface area contributed by atoms with E-state index in [1.54, 1.807) is 12.1 Å². The molecule has 0 aliphatic rings. The van der Waals surface area contributed by atoms with Gasteiger partial charge in [-0.2, -0.15) is 0 Å². The first kappa shape index (κ1) is 11.5. The molecule has 3 heteroatoms. The van der Waals surface area contributed by atoms with Gasteiger partial charge in [-0.25, -0.2) is 0 Å². The van der Waals surface area contributed by atoms with E-state index in [9.17, 15) is 9.90 Å². The molecule has 1 amide bonds. The van der Waals surface area contributed by atoms with Gasteiger partial charge in [-0.05, 0) is 36.8 Å². The van der Waals surface area contributed by atoms with Gasteiger partial charge in [0.05, 0.1) is 5.56 Å². The molecule has 17 heavy (non-hydrogen) atoms. The monoisotopic (exact) mass is 229 g/mol. The highest BCUT2D eigenvalue weighted by Gasteiger charge is 2.12. The number of phenolic OH excluding ortho intramolecular Hbond substituents is 1. The van der Waals surface area contributed by atoms with E-state index in [1.165, 1.54) is 0 Å². The van der Waals surface area contributed by atoms with Crippen molar-refractivity contribution in [2.24, 2.45) is 0 Å². The summed E-state index contributed by atoms with van der Waals surface area (Å²) >= 11 is 0. The number of hydrogen-bond acceptors (Lipinski definition) is 2. The standard InChI is InChI=1S/C14H15NO2/c1-9(2)15-14(17)12-7-10-5-3-4-6-11(10)8-13(12)16/h3-9,16H,1-2H3,(H,15,17). The lowest BCUT2D eigenvalue weighted by molar-refractivity contribution is 0.0940. The smallest absolute Gasteiger partial charge is 0.255 e. The maximum absolute atomic E-state index is 11.8. The summed E-state index contributed by atoms with van der Waals surface area (Å²) in [5.74, 6) is -0.231. The fraction of sp³-hybridized carbons (Fsp3) is 0.214. The van der Waals surface area contributed by atoms with Crippen molar-refractivity contribution in [2.75, 3.05) is 0 Å². The number of amides is 1. The first-order valence-corrected chi connectivity index (χ1v) is 5.60. The van der Waals surface area contributed by atoms with E-state index in [1.807, 2.05) is 38.1 Å². The molecular formula is C14H15NO2. The van der Waals surface area contributed by atoms with E-state index in [-0.39, 0.29) is 17.7 Å². The van der Waals surface area contributed by atoms with Crippen molar-refractivity contribution < 1.29 is 9.90 Å². The van der Waals surface area contributed by atoms with E-state index >= 15 is 0 Å². The molecule has 0 aliphatic carbocycles. The van der Waals surface area contributed by atoms with Crippen LogP contribution in [0.4, 0.5) is 0 Å². The van der Waals surface area contributed by atoms with Crippen LogP contribution >= 0.6 is 0 Å². The maximum Gasteiger partial charge on any atom is 0.255 e. The van der Waals surface area contributed by atoms with Gasteiger partial charge in [0.1, 0.15) is 5.75 Å². The van der Waals surface area contributed by atoms with Crippen molar-refractivity contribution in [2.45, 2.75) is 19.9 Å². The third-order valence-electron chi connectivity index (χ3n) is 2.53. The number of rotatable bonds is 2. The maximum atomic E-state index is 11.8. The highest BCUT2D eigenvalue weighted by molar-refractivity contribution is 6.01. The van der Waals surface area contributed by atoms with Crippen molar-refractivity contribution in [1.29, 1.82) is 0 Å². The highest BCUT2D eigenvalue weighted by atomic mass is 16.3. The summed E-state index contributed by atoms with van der Waals surface area (Å²) in [5, 5.41) is 14.5. The second-order valence-electron chi connectivity index (χ2n) is 4.34. The van der Waals surface area contributed by atoms with Crippen LogP contribution in [0.1, 0.15) is 24.2 Å². The van der Waals surface area contributed by atoms with Crippen molar-refractivity contribution in [3.63, 3.8) is 0 Å². The molecule has 0 aromatic heterocycles. The molecule has 2 aromatic carbocycles. The third kappa shape index (κ3) is 2.38. The van der Waals surface area contributed by atoms with Gasteiger partial charge in [-0.3, -0.25) is 4.79 Å². The molecule has 2 rings (SSSR count). The Morgan fingerprint density at radius 3 is 2.35 bits per heavy atom. The molecule has 0 spiro atoms. The van der Waals surface area contributed by atoms with Crippen LogP contribution in [0.3, 0.4) is 0 Å². The Bertz CT molecular complexity index is 561. The number of fused-ring (bicyclic) bond motifs is 1. The minimum absolute atomic E-state index is 0.0156. The Balaban J connectivity index is 2.47. The SMILES string of the molecule is CC(C)NC(=O)c1cc2ccccc2cc1O. The van der Waals surface area contributed by atoms with Gasteiger partial charge >= 0.3 is 0 Å². The molecular weight excluding hydrogens is 214 g/mol. The first-order chi connectivity index (χ1) is 8.08. The Labute approximate surface area is 100 Å². The van der Waals surface area contributed by atoms with E-state index < -0.39 is 0 Å². The van der Waals surface area contributed by atoms with Gasteiger partial charge < -0.3 is 10.4 Å². The minimum Gasteiger partial charge on any atom is -0.507 e. The van der Waals surface area contributed by atoms with Crippen molar-refractivity contribution in [1.82, 2.24) is 5.32 Å². The van der Waals surface area contributed by atoms with E-state index in [0.717, 1.165) is 10.8 Å². The molecule has 0 heterocycles. The van der Waals surface area contributed by atoms with Crippen LogP contribution in [-0.4, -0.2) is 17.1 Å². The van der Waals surface area contributed by atoms with Crippen LogP contribution in [-0.2, 0) is 0 Å². The number of carbonyl (C=O) groups is 1. The largest absolute Gasteiger partial charge is 0.507 e. The van der Waals surface area contributed by atoms with Crippen LogP contribution in [0.5, 0.6) is 5.75 Å². The number of phenols is 1. The summed E-state index contributed by atoms with van der Waals surface area (Å²) < 4.78 is 0. The lowest BCUT2D eigenvalue weighted by Gasteiger charge is -2.10. The summed E-state index contributed by atoms with van der Waals surface area (Å²) in [7, 11) is 0. The molecule has 0 atom stereocenters. The molecule has 0 saturated carbocycles. The zero-order valence-corrected chi connectivity index (χ0v) is 9.90. The zero-order valence-electron chi connectivity index (χ0n) is 9.90. The average Bonchev–Trinajstić information content (AvgIpc) is 2.27. The fourth-order valence-corrected chi connectivity index (χ4v) is 1.75. The second-order valence-corrected chi connectivity index (χ2v) is 4.34. The van der Waals surface area contributed by atoms with Gasteiger partial charge in [0.25, 0.3) is 5.91 Å². The van der Waals surface area contributed by atoms with E-state index in [0.29, 0.717) is 5.56 Å². The normalized spacial score (nSPS) is 10.8. The number of aromatic hydroxyl groups is 1. The Hall–Kier alpha value is -2.03. The average molecular weight is 229 g/mol. The number of hydrogen-bond donors (Lipinski definition) is 2. The Kier molecular flexibility index (Phi) is 3.00. The molecule has 0 saturated heterocycles. The lowest BCUT2D eigenvalue weighted by Crippen LogP contribution is -2.30. The van der Waals surface area contributed by atoms with Crippen molar-refractivity contribution >= 4 is 16.7 Å². The minimum atomic E-state index is -0.247. The molecule has 2 N–H and O–H groups in total. The topological polar surface area (TPSA) is 49.3 Å². The van der Waals surface area contributed by atoms with Gasteiger partial charge in [-0.15, -0.1) is 0 Å². The first-order valence-electron chi connectivity index (χ1n) is 5.60. The Morgan fingerprint density at radius 1 is 1.18 bits per heavy atom. The van der Waals surface area contributed by atoms with Gasteiger partial charge in [0.15, 0.2) is 0 Å². The molecule has 88 valence electrons. The summed E-state index contributed by atoms with van der Waals surface area (Å²) in [4.78, 5) is 11.8. The molecule has 0 bridgehead atoms. The van der Waals surface area contributed by atoms with Crippen molar-refractivity contribution in [3.05, 3.63) is 42.0 Å². The Morgan fingerprint density at radius 2 is 1.76 bits per heavy atom. The van der Waals surface area contributed by atoms with Gasteiger partial charge in [0.2, 0.25) is 0 Å².